The number of rotatable bonds is 6. The monoisotopic (exact) mass is 315 g/mol. The molecule has 0 aromatic heterocycles. The van der Waals surface area contributed by atoms with Gasteiger partial charge in [0.1, 0.15) is 6.54 Å². The van der Waals surface area contributed by atoms with Crippen LogP contribution in [0.15, 0.2) is 53.4 Å². The summed E-state index contributed by atoms with van der Waals surface area (Å²) in [5.41, 5.74) is 3.23. The largest absolute Gasteiger partial charge is 0.326 e. The Balaban J connectivity index is 1.87. The van der Waals surface area contributed by atoms with E-state index in [9.17, 15) is 4.79 Å². The molecule has 0 aliphatic carbocycles. The van der Waals surface area contributed by atoms with Crippen LogP contribution >= 0.6 is 11.8 Å². The lowest BCUT2D eigenvalue weighted by Crippen LogP contribution is -3.08. The lowest BCUT2D eigenvalue weighted by atomic mass is 10.2. The smallest absolute Gasteiger partial charge is 0.279 e. The highest BCUT2D eigenvalue weighted by Gasteiger charge is 2.11. The highest BCUT2D eigenvalue weighted by atomic mass is 32.2. The van der Waals surface area contributed by atoms with E-state index < -0.39 is 0 Å². The molecule has 2 aromatic carbocycles. The van der Waals surface area contributed by atoms with Crippen LogP contribution in [-0.2, 0) is 11.3 Å². The highest BCUT2D eigenvalue weighted by Crippen LogP contribution is 2.14. The molecule has 2 aromatic rings. The van der Waals surface area contributed by atoms with Crippen molar-refractivity contribution in [1.82, 2.24) is 0 Å². The highest BCUT2D eigenvalue weighted by molar-refractivity contribution is 7.98. The van der Waals surface area contributed by atoms with Crippen molar-refractivity contribution in [2.45, 2.75) is 18.4 Å². The molecule has 0 heterocycles. The summed E-state index contributed by atoms with van der Waals surface area (Å²) < 4.78 is 0. The Hall–Kier alpha value is -1.78. The molecule has 0 spiro atoms. The van der Waals surface area contributed by atoms with E-state index in [4.69, 9.17) is 0 Å². The number of hydrogen-bond donors (Lipinski definition) is 2. The fraction of sp³-hybridized carbons (Fsp3) is 0.278. The van der Waals surface area contributed by atoms with E-state index in [1.807, 2.05) is 38.2 Å². The van der Waals surface area contributed by atoms with E-state index in [0.717, 1.165) is 17.8 Å². The van der Waals surface area contributed by atoms with Gasteiger partial charge in [-0.3, -0.25) is 4.79 Å². The average Bonchev–Trinajstić information content (AvgIpc) is 2.50. The van der Waals surface area contributed by atoms with Gasteiger partial charge in [-0.1, -0.05) is 30.3 Å². The fourth-order valence-electron chi connectivity index (χ4n) is 2.34. The zero-order valence-electron chi connectivity index (χ0n) is 13.3. The molecule has 2 N–H and O–H groups in total. The number of thioether (sulfide) groups is 1. The molecule has 4 heteroatoms. The molecule has 3 nitrogen and oxygen atoms in total. The van der Waals surface area contributed by atoms with Crippen LogP contribution in [0.5, 0.6) is 0 Å². The molecular weight excluding hydrogens is 292 g/mol. The van der Waals surface area contributed by atoms with Gasteiger partial charge < -0.3 is 10.2 Å². The summed E-state index contributed by atoms with van der Waals surface area (Å²) in [6, 6.07) is 16.4. The predicted molar refractivity (Wildman–Crippen MR) is 93.5 cm³/mol. The van der Waals surface area contributed by atoms with Gasteiger partial charge in [0.2, 0.25) is 0 Å². The molecule has 22 heavy (non-hydrogen) atoms. The van der Waals surface area contributed by atoms with E-state index in [1.165, 1.54) is 15.4 Å². The average molecular weight is 315 g/mol. The Morgan fingerprint density at radius 2 is 1.82 bits per heavy atom. The molecule has 0 saturated carbocycles. The maximum atomic E-state index is 12.1. The number of carbonyl (C=O) groups excluding carboxylic acids is 1. The molecule has 1 atom stereocenters. The minimum atomic E-state index is 0.0486. The van der Waals surface area contributed by atoms with Crippen molar-refractivity contribution >= 4 is 23.4 Å². The summed E-state index contributed by atoms with van der Waals surface area (Å²) in [5.74, 6) is 0.0486. The van der Waals surface area contributed by atoms with E-state index in [2.05, 4.69) is 35.8 Å². The van der Waals surface area contributed by atoms with Gasteiger partial charge in [0.05, 0.1) is 7.05 Å². The second-order valence-corrected chi connectivity index (χ2v) is 6.40. The molecular formula is C18H23N2OS+. The first-order valence-electron chi connectivity index (χ1n) is 7.38. The second kappa shape index (κ2) is 8.01. The first-order chi connectivity index (χ1) is 10.6. The molecule has 0 fully saturated rings. The Bertz CT molecular complexity index is 625. The van der Waals surface area contributed by atoms with Crippen LogP contribution in [0.2, 0.25) is 0 Å². The zero-order valence-corrected chi connectivity index (χ0v) is 14.2. The molecule has 2 rings (SSSR count). The predicted octanol–water partition coefficient (Wildman–Crippen LogP) is 2.37. The number of nitrogens with one attached hydrogen (secondary N) is 2. The molecule has 116 valence electrons. The number of para-hydroxylation sites is 1. The van der Waals surface area contributed by atoms with Crippen molar-refractivity contribution in [3.8, 4) is 0 Å². The minimum absolute atomic E-state index is 0.0486. The molecule has 0 saturated heterocycles. The van der Waals surface area contributed by atoms with Crippen LogP contribution in [0.1, 0.15) is 11.1 Å². The van der Waals surface area contributed by atoms with E-state index >= 15 is 0 Å². The van der Waals surface area contributed by atoms with Crippen molar-refractivity contribution in [2.24, 2.45) is 0 Å². The first-order valence-corrected chi connectivity index (χ1v) is 8.60. The van der Waals surface area contributed by atoms with Crippen molar-refractivity contribution in [3.05, 3.63) is 59.7 Å². The number of benzene rings is 2. The third kappa shape index (κ3) is 4.90. The summed E-state index contributed by atoms with van der Waals surface area (Å²) >= 11 is 1.74. The third-order valence-corrected chi connectivity index (χ3v) is 4.29. The van der Waals surface area contributed by atoms with Gasteiger partial charge >= 0.3 is 0 Å². The molecule has 1 unspecified atom stereocenters. The second-order valence-electron chi connectivity index (χ2n) is 5.52. The molecule has 0 aliphatic heterocycles. The molecule has 1 amide bonds. The maximum absolute atomic E-state index is 12.1. The summed E-state index contributed by atoms with van der Waals surface area (Å²) in [7, 11) is 2.04. The summed E-state index contributed by atoms with van der Waals surface area (Å²) in [6.07, 6.45) is 2.07. The van der Waals surface area contributed by atoms with Gasteiger partial charge in [-0.25, -0.2) is 0 Å². The number of quaternary nitrogens is 1. The Kier molecular flexibility index (Phi) is 6.04. The van der Waals surface area contributed by atoms with Crippen LogP contribution in [-0.4, -0.2) is 25.8 Å². The Labute approximate surface area is 136 Å². The molecule has 0 bridgehead atoms. The van der Waals surface area contributed by atoms with Gasteiger partial charge in [-0.15, -0.1) is 11.8 Å². The lowest BCUT2D eigenvalue weighted by Gasteiger charge is -2.15. The van der Waals surface area contributed by atoms with Crippen molar-refractivity contribution < 1.29 is 9.69 Å². The van der Waals surface area contributed by atoms with Crippen LogP contribution < -0.4 is 10.2 Å². The van der Waals surface area contributed by atoms with E-state index in [1.54, 1.807) is 11.8 Å². The first kappa shape index (κ1) is 16.6. The van der Waals surface area contributed by atoms with Gasteiger partial charge in [0.15, 0.2) is 6.54 Å². The Morgan fingerprint density at radius 1 is 1.14 bits per heavy atom. The number of anilines is 1. The summed E-state index contributed by atoms with van der Waals surface area (Å²) in [4.78, 5) is 14.6. The summed E-state index contributed by atoms with van der Waals surface area (Å²) in [6.45, 7) is 3.30. The standard InChI is InChI=1S/C18H22N2OS/c1-14-6-4-5-7-17(14)19-18(21)13-20(2)12-15-8-10-16(22-3)11-9-15/h4-11H,12-13H2,1-3H3,(H,19,21)/p+1. The Morgan fingerprint density at radius 3 is 2.45 bits per heavy atom. The van der Waals surface area contributed by atoms with Gasteiger partial charge in [0.25, 0.3) is 5.91 Å². The zero-order chi connectivity index (χ0) is 15.9. The number of hydrogen-bond acceptors (Lipinski definition) is 2. The molecule has 0 radical (unpaired) electrons. The molecule has 0 aliphatic rings. The van der Waals surface area contributed by atoms with Crippen LogP contribution in [0, 0.1) is 6.92 Å². The van der Waals surface area contributed by atoms with Gasteiger partial charge in [-0.2, -0.15) is 0 Å². The van der Waals surface area contributed by atoms with Crippen molar-refractivity contribution in [1.29, 1.82) is 0 Å². The number of aryl methyl sites for hydroxylation is 1. The van der Waals surface area contributed by atoms with Crippen LogP contribution in [0.4, 0.5) is 5.69 Å². The van der Waals surface area contributed by atoms with Gasteiger partial charge in [-0.05, 0) is 36.9 Å². The third-order valence-electron chi connectivity index (χ3n) is 3.55. The van der Waals surface area contributed by atoms with Gasteiger partial charge in [0, 0.05) is 16.1 Å². The SMILES string of the molecule is CSc1ccc(C[NH+](C)CC(=O)Nc2ccccc2C)cc1. The van der Waals surface area contributed by atoms with Crippen molar-refractivity contribution in [3.63, 3.8) is 0 Å². The topological polar surface area (TPSA) is 33.5 Å². The minimum Gasteiger partial charge on any atom is -0.326 e. The van der Waals surface area contributed by atoms with E-state index in [0.29, 0.717) is 6.54 Å². The fourth-order valence-corrected chi connectivity index (χ4v) is 2.74. The number of likely N-dealkylation sites (N-methyl/N-ethyl adjacent to an activating group) is 1. The van der Waals surface area contributed by atoms with Crippen LogP contribution in [0.25, 0.3) is 0 Å². The number of carbonyl (C=O) groups is 1. The summed E-state index contributed by atoms with van der Waals surface area (Å²) in [5, 5.41) is 2.98. The quantitative estimate of drug-likeness (QED) is 0.803. The van der Waals surface area contributed by atoms with E-state index in [-0.39, 0.29) is 5.91 Å². The number of amides is 1. The normalized spacial score (nSPS) is 12.0. The van der Waals surface area contributed by atoms with Crippen molar-refractivity contribution in [2.75, 3.05) is 25.2 Å². The maximum Gasteiger partial charge on any atom is 0.279 e. The van der Waals surface area contributed by atoms with Crippen LogP contribution in [0.3, 0.4) is 0 Å². The lowest BCUT2D eigenvalue weighted by molar-refractivity contribution is -0.885.